The first kappa shape index (κ1) is 10.1. The van der Waals surface area contributed by atoms with Gasteiger partial charge in [-0.25, -0.2) is 0 Å². The van der Waals surface area contributed by atoms with E-state index in [-0.39, 0.29) is 6.10 Å². The largest absolute Gasteiger partial charge is 0.390 e. The van der Waals surface area contributed by atoms with Crippen molar-refractivity contribution in [2.45, 2.75) is 12.6 Å². The summed E-state index contributed by atoms with van der Waals surface area (Å²) >= 11 is 1.73. The van der Waals surface area contributed by atoms with Gasteiger partial charge in [0.05, 0.1) is 6.10 Å². The number of thiophene rings is 1. The van der Waals surface area contributed by atoms with Gasteiger partial charge in [0.25, 0.3) is 0 Å². The van der Waals surface area contributed by atoms with Gasteiger partial charge in [-0.3, -0.25) is 4.90 Å². The SMILES string of the molecule is OC1CNCCN(Cc2ccsc2)C1. The molecule has 14 heavy (non-hydrogen) atoms. The quantitative estimate of drug-likeness (QED) is 0.750. The number of β-amino-alcohol motifs (C(OH)–C–C–N with tert-alkyl or cyclic N) is 1. The second kappa shape index (κ2) is 4.89. The molecule has 1 aliphatic rings. The fourth-order valence-electron chi connectivity index (χ4n) is 1.74. The molecular formula is C10H16N2OS. The van der Waals surface area contributed by atoms with Crippen LogP contribution in [0.15, 0.2) is 16.8 Å². The molecule has 2 N–H and O–H groups in total. The van der Waals surface area contributed by atoms with E-state index in [4.69, 9.17) is 0 Å². The van der Waals surface area contributed by atoms with Crippen molar-refractivity contribution in [2.75, 3.05) is 26.2 Å². The predicted molar refractivity (Wildman–Crippen MR) is 58.5 cm³/mol. The van der Waals surface area contributed by atoms with Gasteiger partial charge >= 0.3 is 0 Å². The Balaban J connectivity index is 1.90. The first-order chi connectivity index (χ1) is 6.84. The van der Waals surface area contributed by atoms with Crippen LogP contribution in [0.5, 0.6) is 0 Å². The third-order valence-corrected chi connectivity index (χ3v) is 3.17. The Kier molecular flexibility index (Phi) is 3.53. The zero-order valence-corrected chi connectivity index (χ0v) is 8.96. The van der Waals surface area contributed by atoms with Crippen molar-refractivity contribution in [3.05, 3.63) is 22.4 Å². The van der Waals surface area contributed by atoms with Crippen molar-refractivity contribution in [1.29, 1.82) is 0 Å². The summed E-state index contributed by atoms with van der Waals surface area (Å²) in [4.78, 5) is 2.30. The maximum absolute atomic E-state index is 9.59. The lowest BCUT2D eigenvalue weighted by Crippen LogP contribution is -2.32. The lowest BCUT2D eigenvalue weighted by atomic mass is 10.3. The molecule has 1 aliphatic heterocycles. The molecule has 1 unspecified atom stereocenters. The van der Waals surface area contributed by atoms with Crippen LogP contribution in [0.1, 0.15) is 5.56 Å². The maximum atomic E-state index is 9.59. The van der Waals surface area contributed by atoms with Crippen molar-refractivity contribution in [2.24, 2.45) is 0 Å². The molecule has 1 aromatic rings. The molecule has 1 aromatic heterocycles. The summed E-state index contributed by atoms with van der Waals surface area (Å²) < 4.78 is 0. The van der Waals surface area contributed by atoms with Gasteiger partial charge < -0.3 is 10.4 Å². The molecule has 78 valence electrons. The van der Waals surface area contributed by atoms with Gasteiger partial charge in [-0.05, 0) is 22.4 Å². The summed E-state index contributed by atoms with van der Waals surface area (Å²) in [5, 5.41) is 17.1. The van der Waals surface area contributed by atoms with Crippen molar-refractivity contribution in [1.82, 2.24) is 10.2 Å². The van der Waals surface area contributed by atoms with Gasteiger partial charge in [0.15, 0.2) is 0 Å². The fourth-order valence-corrected chi connectivity index (χ4v) is 2.40. The van der Waals surface area contributed by atoms with E-state index in [0.29, 0.717) is 0 Å². The van der Waals surface area contributed by atoms with Gasteiger partial charge in [0.2, 0.25) is 0 Å². The Morgan fingerprint density at radius 3 is 3.36 bits per heavy atom. The monoisotopic (exact) mass is 212 g/mol. The number of aliphatic hydroxyl groups is 1. The Bertz CT molecular complexity index is 263. The maximum Gasteiger partial charge on any atom is 0.0791 e. The molecule has 1 atom stereocenters. The van der Waals surface area contributed by atoms with Gasteiger partial charge in [0, 0.05) is 32.7 Å². The molecule has 0 aliphatic carbocycles. The molecule has 2 rings (SSSR count). The van der Waals surface area contributed by atoms with Gasteiger partial charge in [0.1, 0.15) is 0 Å². The Hall–Kier alpha value is -0.420. The standard InChI is InChI=1S/C10H16N2OS/c13-10-5-11-2-3-12(7-10)6-9-1-4-14-8-9/h1,4,8,10-11,13H,2-3,5-7H2. The minimum absolute atomic E-state index is 0.226. The van der Waals surface area contributed by atoms with Crippen LogP contribution in [0.4, 0.5) is 0 Å². The minimum Gasteiger partial charge on any atom is -0.390 e. The fraction of sp³-hybridized carbons (Fsp3) is 0.600. The smallest absolute Gasteiger partial charge is 0.0791 e. The van der Waals surface area contributed by atoms with Crippen LogP contribution >= 0.6 is 11.3 Å². The summed E-state index contributed by atoms with van der Waals surface area (Å²) in [5.74, 6) is 0. The van der Waals surface area contributed by atoms with E-state index in [1.807, 2.05) is 0 Å². The molecule has 0 bridgehead atoms. The normalized spacial score (nSPS) is 24.8. The van der Waals surface area contributed by atoms with Crippen LogP contribution < -0.4 is 5.32 Å². The number of nitrogens with zero attached hydrogens (tertiary/aromatic N) is 1. The van der Waals surface area contributed by atoms with Crippen LogP contribution in [-0.4, -0.2) is 42.3 Å². The minimum atomic E-state index is -0.226. The van der Waals surface area contributed by atoms with Gasteiger partial charge in [-0.1, -0.05) is 0 Å². The number of aliphatic hydroxyl groups excluding tert-OH is 1. The summed E-state index contributed by atoms with van der Waals surface area (Å²) in [6, 6.07) is 2.15. The molecule has 0 amide bonds. The average Bonchev–Trinajstić information content (AvgIpc) is 2.56. The highest BCUT2D eigenvalue weighted by Gasteiger charge is 2.15. The third kappa shape index (κ3) is 2.78. The molecule has 3 nitrogen and oxygen atoms in total. The molecule has 0 aromatic carbocycles. The van der Waals surface area contributed by atoms with E-state index in [9.17, 15) is 5.11 Å². The highest BCUT2D eigenvalue weighted by molar-refractivity contribution is 7.07. The molecule has 0 saturated carbocycles. The topological polar surface area (TPSA) is 35.5 Å². The predicted octanol–water partition coefficient (Wildman–Crippen LogP) is 0.514. The van der Waals surface area contributed by atoms with Crippen molar-refractivity contribution < 1.29 is 5.11 Å². The molecule has 2 heterocycles. The number of hydrogen-bond donors (Lipinski definition) is 2. The van der Waals surface area contributed by atoms with Gasteiger partial charge in [-0.15, -0.1) is 0 Å². The molecule has 1 saturated heterocycles. The van der Waals surface area contributed by atoms with Crippen LogP contribution in [0.2, 0.25) is 0 Å². The Morgan fingerprint density at radius 2 is 2.57 bits per heavy atom. The second-order valence-electron chi connectivity index (χ2n) is 3.72. The molecule has 4 heteroatoms. The molecular weight excluding hydrogens is 196 g/mol. The lowest BCUT2D eigenvalue weighted by molar-refractivity contribution is 0.127. The van der Waals surface area contributed by atoms with E-state index in [2.05, 4.69) is 27.0 Å². The van der Waals surface area contributed by atoms with Crippen molar-refractivity contribution in [3.8, 4) is 0 Å². The summed E-state index contributed by atoms with van der Waals surface area (Å²) in [7, 11) is 0. The summed E-state index contributed by atoms with van der Waals surface area (Å²) in [5.41, 5.74) is 1.35. The Labute approximate surface area is 88.4 Å². The van der Waals surface area contributed by atoms with Crippen molar-refractivity contribution >= 4 is 11.3 Å². The van der Waals surface area contributed by atoms with E-state index >= 15 is 0 Å². The number of hydrogen-bond acceptors (Lipinski definition) is 4. The summed E-state index contributed by atoms with van der Waals surface area (Å²) in [6.07, 6.45) is -0.226. The molecule has 1 fully saturated rings. The second-order valence-corrected chi connectivity index (χ2v) is 4.50. The third-order valence-electron chi connectivity index (χ3n) is 2.44. The van der Waals surface area contributed by atoms with Crippen molar-refractivity contribution in [3.63, 3.8) is 0 Å². The molecule has 0 radical (unpaired) electrons. The van der Waals surface area contributed by atoms with E-state index in [1.54, 1.807) is 11.3 Å². The Morgan fingerprint density at radius 1 is 1.64 bits per heavy atom. The highest BCUT2D eigenvalue weighted by Crippen LogP contribution is 2.10. The zero-order valence-electron chi connectivity index (χ0n) is 8.15. The average molecular weight is 212 g/mol. The number of rotatable bonds is 2. The lowest BCUT2D eigenvalue weighted by Gasteiger charge is -2.20. The van der Waals surface area contributed by atoms with Crippen LogP contribution in [-0.2, 0) is 6.54 Å². The van der Waals surface area contributed by atoms with Crippen LogP contribution in [0.3, 0.4) is 0 Å². The van der Waals surface area contributed by atoms with E-state index < -0.39 is 0 Å². The molecule has 0 spiro atoms. The summed E-state index contributed by atoms with van der Waals surface area (Å²) in [6.45, 7) is 4.46. The first-order valence-electron chi connectivity index (χ1n) is 4.97. The van der Waals surface area contributed by atoms with Crippen LogP contribution in [0.25, 0.3) is 0 Å². The van der Waals surface area contributed by atoms with E-state index in [0.717, 1.165) is 32.7 Å². The van der Waals surface area contributed by atoms with E-state index in [1.165, 1.54) is 5.56 Å². The number of nitrogens with one attached hydrogen (secondary N) is 1. The zero-order chi connectivity index (χ0) is 9.80. The van der Waals surface area contributed by atoms with Crippen LogP contribution in [0, 0.1) is 0 Å². The first-order valence-corrected chi connectivity index (χ1v) is 5.91. The highest BCUT2D eigenvalue weighted by atomic mass is 32.1. The van der Waals surface area contributed by atoms with Gasteiger partial charge in [-0.2, -0.15) is 11.3 Å².